The molecule has 2 aliphatic heterocycles. The second-order valence-electron chi connectivity index (χ2n) is 8.37. The number of aromatic nitrogens is 4. The molecular weight excluding hydrogens is 324 g/mol. The third-order valence-electron chi connectivity index (χ3n) is 6.47. The number of hydrogen-bond acceptors (Lipinski definition) is 5. The maximum atomic E-state index is 4.49. The van der Waals surface area contributed by atoms with Gasteiger partial charge < -0.3 is 4.57 Å². The van der Waals surface area contributed by atoms with Gasteiger partial charge in [-0.25, -0.2) is 0 Å². The number of pyridine rings is 1. The minimum Gasteiger partial charge on any atom is -0.320 e. The molecule has 6 nitrogen and oxygen atoms in total. The summed E-state index contributed by atoms with van der Waals surface area (Å²) in [4.78, 5) is 9.35. The van der Waals surface area contributed by atoms with E-state index in [0.29, 0.717) is 17.4 Å². The SMILES string of the molecule is CC(C)N1CC(c2nncn2C)C2(CCN(Cc3ccncc3)CC2)C1. The van der Waals surface area contributed by atoms with E-state index >= 15 is 0 Å². The summed E-state index contributed by atoms with van der Waals surface area (Å²) in [6.45, 7) is 10.3. The maximum absolute atomic E-state index is 4.49. The fourth-order valence-electron chi connectivity index (χ4n) is 4.77. The van der Waals surface area contributed by atoms with Crippen molar-refractivity contribution < 1.29 is 0 Å². The van der Waals surface area contributed by atoms with Crippen molar-refractivity contribution >= 4 is 0 Å². The van der Waals surface area contributed by atoms with Crippen molar-refractivity contribution in [3.05, 3.63) is 42.2 Å². The molecule has 0 saturated carbocycles. The van der Waals surface area contributed by atoms with Gasteiger partial charge in [-0.05, 0) is 62.9 Å². The standard InChI is InChI=1S/C20H30N6/c1-16(2)26-13-18(19-23-22-15-24(19)3)20(14-26)6-10-25(11-7-20)12-17-4-8-21-9-5-17/h4-5,8-9,15-16,18H,6-7,10-14H2,1-3H3. The fourth-order valence-corrected chi connectivity index (χ4v) is 4.77. The Hall–Kier alpha value is -1.79. The quantitative estimate of drug-likeness (QED) is 0.843. The highest BCUT2D eigenvalue weighted by molar-refractivity contribution is 5.14. The van der Waals surface area contributed by atoms with Gasteiger partial charge in [-0.3, -0.25) is 14.8 Å². The zero-order valence-corrected chi connectivity index (χ0v) is 16.2. The van der Waals surface area contributed by atoms with E-state index in [0.717, 1.165) is 32.0 Å². The van der Waals surface area contributed by atoms with Crippen LogP contribution in [-0.2, 0) is 13.6 Å². The molecule has 0 aliphatic carbocycles. The molecule has 0 N–H and O–H groups in total. The molecule has 1 unspecified atom stereocenters. The van der Waals surface area contributed by atoms with E-state index in [2.05, 4.69) is 62.6 Å². The van der Waals surface area contributed by atoms with Crippen LogP contribution in [0.3, 0.4) is 0 Å². The van der Waals surface area contributed by atoms with Crippen molar-refractivity contribution in [1.29, 1.82) is 0 Å². The van der Waals surface area contributed by atoms with Crippen molar-refractivity contribution in [3.63, 3.8) is 0 Å². The minimum atomic E-state index is 0.333. The van der Waals surface area contributed by atoms with Gasteiger partial charge in [0.15, 0.2) is 0 Å². The van der Waals surface area contributed by atoms with Crippen LogP contribution in [-0.4, -0.2) is 61.8 Å². The van der Waals surface area contributed by atoms with Crippen LogP contribution in [0.15, 0.2) is 30.9 Å². The van der Waals surface area contributed by atoms with Crippen LogP contribution < -0.4 is 0 Å². The normalized spacial score (nSPS) is 23.9. The van der Waals surface area contributed by atoms with E-state index in [-0.39, 0.29) is 0 Å². The van der Waals surface area contributed by atoms with Crippen molar-refractivity contribution in [2.75, 3.05) is 26.2 Å². The lowest BCUT2D eigenvalue weighted by molar-refractivity contribution is 0.0865. The number of likely N-dealkylation sites (tertiary alicyclic amines) is 2. The Morgan fingerprint density at radius 2 is 1.92 bits per heavy atom. The second-order valence-corrected chi connectivity index (χ2v) is 8.37. The number of nitrogens with zero attached hydrogens (tertiary/aromatic N) is 6. The molecular formula is C20H30N6. The van der Waals surface area contributed by atoms with Crippen LogP contribution in [0.5, 0.6) is 0 Å². The predicted molar refractivity (Wildman–Crippen MR) is 102 cm³/mol. The molecule has 1 atom stereocenters. The molecule has 2 fully saturated rings. The van der Waals surface area contributed by atoms with Gasteiger partial charge in [-0.15, -0.1) is 10.2 Å². The molecule has 6 heteroatoms. The van der Waals surface area contributed by atoms with Crippen LogP contribution in [0.25, 0.3) is 0 Å². The average molecular weight is 355 g/mol. The predicted octanol–water partition coefficient (Wildman–Crippen LogP) is 2.30. The first-order chi connectivity index (χ1) is 12.6. The first-order valence-electron chi connectivity index (χ1n) is 9.77. The zero-order chi connectivity index (χ0) is 18.1. The first-order valence-corrected chi connectivity index (χ1v) is 9.77. The van der Waals surface area contributed by atoms with Gasteiger partial charge >= 0.3 is 0 Å². The summed E-state index contributed by atoms with van der Waals surface area (Å²) in [6.07, 6.45) is 8.10. The summed E-state index contributed by atoms with van der Waals surface area (Å²) < 4.78 is 2.12. The van der Waals surface area contributed by atoms with Gasteiger partial charge in [0.25, 0.3) is 0 Å². The van der Waals surface area contributed by atoms with E-state index in [1.807, 2.05) is 18.7 Å². The minimum absolute atomic E-state index is 0.333. The molecule has 2 saturated heterocycles. The average Bonchev–Trinajstić information content (AvgIpc) is 3.22. The van der Waals surface area contributed by atoms with Gasteiger partial charge in [-0.2, -0.15) is 0 Å². The van der Waals surface area contributed by atoms with Crippen molar-refractivity contribution in [1.82, 2.24) is 29.5 Å². The van der Waals surface area contributed by atoms with Crippen molar-refractivity contribution in [2.24, 2.45) is 12.5 Å². The lowest BCUT2D eigenvalue weighted by atomic mass is 9.70. The number of piperidine rings is 1. The highest BCUT2D eigenvalue weighted by Crippen LogP contribution is 2.49. The van der Waals surface area contributed by atoms with Crippen LogP contribution in [0.1, 0.15) is 44.0 Å². The summed E-state index contributed by atoms with van der Waals surface area (Å²) in [5.74, 6) is 1.65. The van der Waals surface area contributed by atoms with Crippen LogP contribution in [0, 0.1) is 5.41 Å². The maximum Gasteiger partial charge on any atom is 0.137 e. The largest absolute Gasteiger partial charge is 0.320 e. The third kappa shape index (κ3) is 3.28. The molecule has 4 rings (SSSR count). The first kappa shape index (κ1) is 17.6. The Kier molecular flexibility index (Phi) is 4.80. The lowest BCUT2D eigenvalue weighted by Gasteiger charge is -2.42. The molecule has 2 aromatic rings. The van der Waals surface area contributed by atoms with E-state index in [1.165, 1.54) is 24.9 Å². The van der Waals surface area contributed by atoms with Crippen LogP contribution in [0.2, 0.25) is 0 Å². The molecule has 140 valence electrons. The number of rotatable bonds is 4. The highest BCUT2D eigenvalue weighted by Gasteiger charge is 2.50. The van der Waals surface area contributed by atoms with Gasteiger partial charge in [0, 0.05) is 51.0 Å². The molecule has 1 spiro atoms. The van der Waals surface area contributed by atoms with Gasteiger partial charge in [-0.1, -0.05) is 0 Å². The molecule has 4 heterocycles. The highest BCUT2D eigenvalue weighted by atomic mass is 15.3. The Balaban J connectivity index is 1.50. The summed E-state index contributed by atoms with van der Waals surface area (Å²) in [5.41, 5.74) is 1.69. The Bertz CT molecular complexity index is 717. The third-order valence-corrected chi connectivity index (χ3v) is 6.47. The topological polar surface area (TPSA) is 50.1 Å². The smallest absolute Gasteiger partial charge is 0.137 e. The fraction of sp³-hybridized carbons (Fsp3) is 0.650. The van der Waals surface area contributed by atoms with E-state index in [4.69, 9.17) is 0 Å². The molecule has 0 radical (unpaired) electrons. The van der Waals surface area contributed by atoms with E-state index < -0.39 is 0 Å². The Labute approximate surface area is 156 Å². The zero-order valence-electron chi connectivity index (χ0n) is 16.2. The molecule has 2 aromatic heterocycles. The Morgan fingerprint density at radius 1 is 1.19 bits per heavy atom. The summed E-state index contributed by atoms with van der Waals surface area (Å²) in [5, 5.41) is 8.66. The van der Waals surface area contributed by atoms with Crippen molar-refractivity contribution in [3.8, 4) is 0 Å². The number of hydrogen-bond donors (Lipinski definition) is 0. The molecule has 0 amide bonds. The summed E-state index contributed by atoms with van der Waals surface area (Å²) in [7, 11) is 2.08. The summed E-state index contributed by atoms with van der Waals surface area (Å²) >= 11 is 0. The van der Waals surface area contributed by atoms with Gasteiger partial charge in [0.1, 0.15) is 12.2 Å². The van der Waals surface area contributed by atoms with Gasteiger partial charge in [0.2, 0.25) is 0 Å². The van der Waals surface area contributed by atoms with E-state index in [9.17, 15) is 0 Å². The monoisotopic (exact) mass is 354 g/mol. The lowest BCUT2D eigenvalue weighted by Crippen LogP contribution is -2.44. The molecule has 26 heavy (non-hydrogen) atoms. The van der Waals surface area contributed by atoms with Crippen LogP contribution in [0.4, 0.5) is 0 Å². The van der Waals surface area contributed by atoms with Crippen molar-refractivity contribution in [2.45, 2.75) is 45.2 Å². The van der Waals surface area contributed by atoms with E-state index in [1.54, 1.807) is 0 Å². The summed E-state index contributed by atoms with van der Waals surface area (Å²) in [6, 6.07) is 4.84. The number of aryl methyl sites for hydroxylation is 1. The molecule has 2 aliphatic rings. The molecule has 0 aromatic carbocycles. The second kappa shape index (κ2) is 7.08. The Morgan fingerprint density at radius 3 is 2.54 bits per heavy atom. The van der Waals surface area contributed by atoms with Gasteiger partial charge in [0.05, 0.1) is 0 Å². The van der Waals surface area contributed by atoms with Crippen LogP contribution >= 0.6 is 0 Å². The molecule has 0 bridgehead atoms.